The van der Waals surface area contributed by atoms with E-state index in [1.54, 1.807) is 6.33 Å². The Labute approximate surface area is 148 Å². The first-order chi connectivity index (χ1) is 12.0. The van der Waals surface area contributed by atoms with Crippen LogP contribution in [0.5, 0.6) is 5.75 Å². The zero-order valence-electron chi connectivity index (χ0n) is 15.0. The van der Waals surface area contributed by atoms with Gasteiger partial charge in [0.15, 0.2) is 5.78 Å². The molecule has 1 spiro atoms. The highest BCUT2D eigenvalue weighted by molar-refractivity contribution is 6.01. The van der Waals surface area contributed by atoms with E-state index in [2.05, 4.69) is 21.8 Å². The largest absolute Gasteiger partial charge is 0.486 e. The van der Waals surface area contributed by atoms with Gasteiger partial charge in [0.1, 0.15) is 23.5 Å². The molecule has 1 aromatic carbocycles. The summed E-state index contributed by atoms with van der Waals surface area (Å²) in [6.45, 7) is 7.75. The molecule has 0 saturated carbocycles. The maximum atomic E-state index is 12.7. The van der Waals surface area contributed by atoms with Crippen molar-refractivity contribution >= 4 is 11.6 Å². The van der Waals surface area contributed by atoms with Gasteiger partial charge in [-0.2, -0.15) is 0 Å². The molecule has 25 heavy (non-hydrogen) atoms. The first-order valence-electron chi connectivity index (χ1n) is 8.83. The Morgan fingerprint density at radius 1 is 1.12 bits per heavy atom. The first-order valence-corrected chi connectivity index (χ1v) is 8.83. The molecule has 1 aromatic heterocycles. The zero-order valence-corrected chi connectivity index (χ0v) is 15.0. The highest BCUT2D eigenvalue weighted by Crippen LogP contribution is 2.42. The van der Waals surface area contributed by atoms with Gasteiger partial charge >= 0.3 is 0 Å². The number of ketones is 1. The zero-order chi connectivity index (χ0) is 17.6. The van der Waals surface area contributed by atoms with Crippen LogP contribution in [0, 0.1) is 20.8 Å². The highest BCUT2D eigenvalue weighted by Gasteiger charge is 2.43. The van der Waals surface area contributed by atoms with Gasteiger partial charge in [-0.25, -0.2) is 9.97 Å². The Bertz CT molecular complexity index is 839. The van der Waals surface area contributed by atoms with E-state index in [0.717, 1.165) is 59.9 Å². The summed E-state index contributed by atoms with van der Waals surface area (Å²) in [6.07, 6.45) is 3.74. The Morgan fingerprint density at radius 2 is 1.88 bits per heavy atom. The van der Waals surface area contributed by atoms with E-state index in [0.29, 0.717) is 6.42 Å². The molecule has 3 heterocycles. The number of piperidine rings is 1. The van der Waals surface area contributed by atoms with Crippen LogP contribution in [0.4, 0.5) is 5.82 Å². The van der Waals surface area contributed by atoms with E-state index in [-0.39, 0.29) is 11.4 Å². The summed E-state index contributed by atoms with van der Waals surface area (Å²) in [5.74, 6) is 1.95. The molecule has 0 unspecified atom stereocenters. The monoisotopic (exact) mass is 337 g/mol. The van der Waals surface area contributed by atoms with Crippen LogP contribution >= 0.6 is 0 Å². The number of carbonyl (C=O) groups is 1. The minimum Gasteiger partial charge on any atom is -0.486 e. The lowest BCUT2D eigenvalue weighted by Gasteiger charge is -2.44. The summed E-state index contributed by atoms with van der Waals surface area (Å²) in [5.41, 5.74) is 3.58. The summed E-state index contributed by atoms with van der Waals surface area (Å²) in [5, 5.41) is 0. The summed E-state index contributed by atoms with van der Waals surface area (Å²) in [4.78, 5) is 23.5. The molecule has 2 aliphatic heterocycles. The maximum absolute atomic E-state index is 12.7. The fraction of sp³-hybridized carbons (Fsp3) is 0.450. The van der Waals surface area contributed by atoms with Gasteiger partial charge in [-0.3, -0.25) is 4.79 Å². The number of benzene rings is 1. The molecule has 130 valence electrons. The fourth-order valence-corrected chi connectivity index (χ4v) is 3.82. The third kappa shape index (κ3) is 2.77. The number of aromatic nitrogens is 2. The van der Waals surface area contributed by atoms with Gasteiger partial charge in [0.25, 0.3) is 0 Å². The van der Waals surface area contributed by atoms with E-state index in [4.69, 9.17) is 4.74 Å². The van der Waals surface area contributed by atoms with E-state index >= 15 is 0 Å². The third-order valence-corrected chi connectivity index (χ3v) is 5.57. The molecule has 4 rings (SSSR count). The second-order valence-corrected chi connectivity index (χ2v) is 7.27. The Hall–Kier alpha value is -2.43. The van der Waals surface area contributed by atoms with Crippen molar-refractivity contribution < 1.29 is 9.53 Å². The second kappa shape index (κ2) is 5.83. The molecule has 0 atom stereocenters. The van der Waals surface area contributed by atoms with Crippen molar-refractivity contribution in [2.75, 3.05) is 18.0 Å². The Morgan fingerprint density at radius 3 is 2.60 bits per heavy atom. The summed E-state index contributed by atoms with van der Waals surface area (Å²) in [6, 6.07) is 5.92. The van der Waals surface area contributed by atoms with Gasteiger partial charge in [-0.1, -0.05) is 6.07 Å². The maximum Gasteiger partial charge on any atom is 0.170 e. The van der Waals surface area contributed by atoms with Crippen LogP contribution < -0.4 is 9.64 Å². The molecular weight excluding hydrogens is 314 g/mol. The number of nitrogens with zero attached hydrogens (tertiary/aromatic N) is 3. The summed E-state index contributed by atoms with van der Waals surface area (Å²) in [7, 11) is 0. The topological polar surface area (TPSA) is 55.3 Å². The number of hydrogen-bond acceptors (Lipinski definition) is 5. The van der Waals surface area contributed by atoms with Crippen LogP contribution in [0.25, 0.3) is 0 Å². The molecule has 2 aliphatic rings. The average Bonchev–Trinajstić information content (AvgIpc) is 2.59. The van der Waals surface area contributed by atoms with Crippen molar-refractivity contribution in [3.8, 4) is 5.75 Å². The van der Waals surface area contributed by atoms with E-state index < -0.39 is 0 Å². The number of Topliss-reactive ketones (excluding diaryl/α,β-unsaturated/α-hetero) is 1. The third-order valence-electron chi connectivity index (χ3n) is 5.57. The molecule has 2 aromatic rings. The van der Waals surface area contributed by atoms with Crippen LogP contribution in [0.2, 0.25) is 0 Å². The lowest BCUT2D eigenvalue weighted by atomic mass is 9.81. The molecule has 5 nitrogen and oxygen atoms in total. The van der Waals surface area contributed by atoms with Crippen LogP contribution in [-0.4, -0.2) is 34.4 Å². The first kappa shape index (κ1) is 16.1. The second-order valence-electron chi connectivity index (χ2n) is 7.27. The van der Waals surface area contributed by atoms with E-state index in [1.165, 1.54) is 0 Å². The lowest BCUT2D eigenvalue weighted by Crippen LogP contribution is -2.51. The van der Waals surface area contributed by atoms with Gasteiger partial charge in [0, 0.05) is 37.7 Å². The predicted molar refractivity (Wildman–Crippen MR) is 96.4 cm³/mol. The Kier molecular flexibility index (Phi) is 3.74. The Balaban J connectivity index is 1.57. The molecule has 0 aliphatic carbocycles. The SMILES string of the molecule is Cc1cc(N2CCC3(CC2)CC(=O)c2ccc(C)c(C)c2O3)ncn1. The number of hydrogen-bond donors (Lipinski definition) is 0. The van der Waals surface area contributed by atoms with Crippen molar-refractivity contribution in [2.24, 2.45) is 0 Å². The standard InChI is InChI=1S/C20H23N3O2/c1-13-4-5-16-17(24)11-20(25-19(16)15(13)3)6-8-23(9-7-20)18-10-14(2)21-12-22-18/h4-5,10,12H,6-9,11H2,1-3H3. The molecule has 5 heteroatoms. The van der Waals surface area contributed by atoms with Gasteiger partial charge in [0.2, 0.25) is 0 Å². The van der Waals surface area contributed by atoms with Crippen LogP contribution in [0.1, 0.15) is 46.4 Å². The van der Waals surface area contributed by atoms with Gasteiger partial charge in [0.05, 0.1) is 12.0 Å². The van der Waals surface area contributed by atoms with Crippen molar-refractivity contribution in [3.05, 3.63) is 46.9 Å². The van der Waals surface area contributed by atoms with E-state index in [9.17, 15) is 4.79 Å². The molecule has 1 saturated heterocycles. The lowest BCUT2D eigenvalue weighted by molar-refractivity contribution is 0.0225. The fourth-order valence-electron chi connectivity index (χ4n) is 3.82. The number of carbonyl (C=O) groups excluding carboxylic acids is 1. The van der Waals surface area contributed by atoms with Crippen LogP contribution in [-0.2, 0) is 0 Å². The van der Waals surface area contributed by atoms with Crippen LogP contribution in [0.15, 0.2) is 24.5 Å². The molecule has 0 bridgehead atoms. The normalized spacial score (nSPS) is 18.8. The average molecular weight is 337 g/mol. The summed E-state index contributed by atoms with van der Waals surface area (Å²) >= 11 is 0. The smallest absolute Gasteiger partial charge is 0.170 e. The number of ether oxygens (including phenoxy) is 1. The predicted octanol–water partition coefficient (Wildman–Crippen LogP) is 3.41. The number of aryl methyl sites for hydroxylation is 2. The number of rotatable bonds is 1. The molecule has 0 radical (unpaired) electrons. The van der Waals surface area contributed by atoms with Crippen molar-refractivity contribution in [1.29, 1.82) is 0 Å². The van der Waals surface area contributed by atoms with Gasteiger partial charge in [-0.15, -0.1) is 0 Å². The van der Waals surface area contributed by atoms with E-state index in [1.807, 2.05) is 32.0 Å². The quantitative estimate of drug-likeness (QED) is 0.798. The number of fused-ring (bicyclic) bond motifs is 1. The minimum absolute atomic E-state index is 0.204. The minimum atomic E-state index is -0.374. The number of anilines is 1. The van der Waals surface area contributed by atoms with Crippen molar-refractivity contribution in [2.45, 2.75) is 45.6 Å². The van der Waals surface area contributed by atoms with Crippen molar-refractivity contribution in [3.63, 3.8) is 0 Å². The molecule has 0 amide bonds. The van der Waals surface area contributed by atoms with Gasteiger partial charge < -0.3 is 9.64 Å². The molecular formula is C20H23N3O2. The highest BCUT2D eigenvalue weighted by atomic mass is 16.5. The molecule has 0 N–H and O–H groups in total. The summed E-state index contributed by atoms with van der Waals surface area (Å²) < 4.78 is 6.47. The van der Waals surface area contributed by atoms with Crippen molar-refractivity contribution in [1.82, 2.24) is 9.97 Å². The molecule has 1 fully saturated rings. The van der Waals surface area contributed by atoms with Gasteiger partial charge in [-0.05, 0) is 38.0 Å². The van der Waals surface area contributed by atoms with Crippen LogP contribution in [0.3, 0.4) is 0 Å².